The third kappa shape index (κ3) is 3.26. The molecule has 1 aliphatic carbocycles. The number of hydrogen-bond donors (Lipinski definition) is 0. The van der Waals surface area contributed by atoms with Crippen molar-refractivity contribution in [2.75, 3.05) is 18.0 Å². The van der Waals surface area contributed by atoms with Crippen molar-refractivity contribution in [1.29, 1.82) is 0 Å². The van der Waals surface area contributed by atoms with Crippen molar-refractivity contribution in [3.8, 4) is 0 Å². The number of aryl methyl sites for hydroxylation is 2. The largest absolute Gasteiger partial charge is 0.341 e. The Bertz CT molecular complexity index is 1040. The van der Waals surface area contributed by atoms with E-state index in [9.17, 15) is 0 Å². The smallest absolute Gasteiger partial charge is 0.228 e. The van der Waals surface area contributed by atoms with Crippen LogP contribution in [0.2, 0.25) is 5.15 Å². The number of pyridine rings is 1. The second-order valence-corrected chi connectivity index (χ2v) is 9.18. The Morgan fingerprint density at radius 2 is 1.93 bits per heavy atom. The second kappa shape index (κ2) is 7.23. The Labute approximate surface area is 174 Å². The van der Waals surface area contributed by atoms with E-state index in [2.05, 4.69) is 56.7 Å². The minimum absolute atomic E-state index is 0.559. The summed E-state index contributed by atoms with van der Waals surface area (Å²) >= 11 is 8.26. The summed E-state index contributed by atoms with van der Waals surface area (Å²) in [5.74, 6) is 1.80. The number of nitrogens with zero attached hydrogens (tertiary/aromatic N) is 5. The van der Waals surface area contributed by atoms with Gasteiger partial charge in [-0.25, -0.2) is 4.98 Å². The molecule has 0 atom stereocenters. The van der Waals surface area contributed by atoms with E-state index < -0.39 is 0 Å². The SMILES string of the molecule is Cc1ccc2cc(CSc3nnc(N4CCCC4)n3C3CC3)c(Cl)nc2c1C. The third-order valence-corrected chi connectivity index (χ3v) is 7.16. The molecule has 1 aromatic carbocycles. The molecule has 0 unspecified atom stereocenters. The average Bonchev–Trinajstić information content (AvgIpc) is 3.21. The molecule has 28 heavy (non-hydrogen) atoms. The highest BCUT2D eigenvalue weighted by Gasteiger charge is 2.32. The highest BCUT2D eigenvalue weighted by Crippen LogP contribution is 2.42. The lowest BCUT2D eigenvalue weighted by Crippen LogP contribution is -2.22. The van der Waals surface area contributed by atoms with Crippen LogP contribution in [0.25, 0.3) is 10.9 Å². The van der Waals surface area contributed by atoms with Crippen LogP contribution < -0.4 is 4.90 Å². The lowest BCUT2D eigenvalue weighted by molar-refractivity contribution is 0.651. The van der Waals surface area contributed by atoms with E-state index in [-0.39, 0.29) is 0 Å². The zero-order valence-electron chi connectivity index (χ0n) is 16.3. The molecule has 1 saturated heterocycles. The summed E-state index contributed by atoms with van der Waals surface area (Å²) in [6, 6.07) is 7.01. The van der Waals surface area contributed by atoms with Crippen molar-refractivity contribution in [2.45, 2.75) is 56.5 Å². The number of aromatic nitrogens is 4. The van der Waals surface area contributed by atoms with E-state index in [4.69, 9.17) is 11.6 Å². The summed E-state index contributed by atoms with van der Waals surface area (Å²) in [6.45, 7) is 6.40. The first-order chi connectivity index (χ1) is 13.6. The molecule has 146 valence electrons. The molecule has 7 heteroatoms. The van der Waals surface area contributed by atoms with Crippen LogP contribution in [-0.2, 0) is 5.75 Å². The maximum Gasteiger partial charge on any atom is 0.228 e. The van der Waals surface area contributed by atoms with Gasteiger partial charge in [-0.05, 0) is 56.7 Å². The van der Waals surface area contributed by atoms with Gasteiger partial charge in [0, 0.05) is 35.8 Å². The lowest BCUT2D eigenvalue weighted by Gasteiger charge is -2.18. The summed E-state index contributed by atoms with van der Waals surface area (Å²) in [5, 5.41) is 11.8. The number of anilines is 1. The minimum Gasteiger partial charge on any atom is -0.341 e. The first-order valence-corrected chi connectivity index (χ1v) is 11.4. The monoisotopic (exact) mass is 413 g/mol. The molecule has 3 heterocycles. The molecular weight excluding hydrogens is 390 g/mol. The number of hydrogen-bond acceptors (Lipinski definition) is 5. The lowest BCUT2D eigenvalue weighted by atomic mass is 10.0. The third-order valence-electron chi connectivity index (χ3n) is 5.84. The van der Waals surface area contributed by atoms with Crippen molar-refractivity contribution in [1.82, 2.24) is 19.7 Å². The molecule has 5 nitrogen and oxygen atoms in total. The van der Waals surface area contributed by atoms with Crippen molar-refractivity contribution < 1.29 is 0 Å². The maximum atomic E-state index is 6.54. The number of fused-ring (bicyclic) bond motifs is 1. The molecule has 2 aliphatic rings. The first-order valence-electron chi connectivity index (χ1n) is 10.00. The molecule has 0 spiro atoms. The molecule has 0 N–H and O–H groups in total. The van der Waals surface area contributed by atoms with E-state index in [0.717, 1.165) is 46.4 Å². The van der Waals surface area contributed by atoms with Crippen LogP contribution in [0.5, 0.6) is 0 Å². The summed E-state index contributed by atoms with van der Waals surface area (Å²) in [7, 11) is 0. The molecule has 2 aromatic heterocycles. The number of rotatable bonds is 5. The topological polar surface area (TPSA) is 46.8 Å². The fourth-order valence-electron chi connectivity index (χ4n) is 3.90. The highest BCUT2D eigenvalue weighted by molar-refractivity contribution is 7.98. The van der Waals surface area contributed by atoms with Gasteiger partial charge >= 0.3 is 0 Å². The molecular formula is C21H24ClN5S. The van der Waals surface area contributed by atoms with Gasteiger partial charge < -0.3 is 4.90 Å². The van der Waals surface area contributed by atoms with Crippen molar-refractivity contribution in [3.63, 3.8) is 0 Å². The van der Waals surface area contributed by atoms with E-state index in [1.165, 1.54) is 36.8 Å². The average molecular weight is 414 g/mol. The Hall–Kier alpha value is -1.79. The van der Waals surface area contributed by atoms with E-state index in [0.29, 0.717) is 11.2 Å². The number of benzene rings is 1. The van der Waals surface area contributed by atoms with Gasteiger partial charge in [0.2, 0.25) is 5.95 Å². The normalized spacial score (nSPS) is 17.0. The van der Waals surface area contributed by atoms with Gasteiger partial charge in [0.1, 0.15) is 5.15 Å². The van der Waals surface area contributed by atoms with Crippen LogP contribution in [0.4, 0.5) is 5.95 Å². The summed E-state index contributed by atoms with van der Waals surface area (Å²) in [5.41, 5.74) is 4.49. The Morgan fingerprint density at radius 3 is 2.68 bits per heavy atom. The fraction of sp³-hybridized carbons (Fsp3) is 0.476. The summed E-state index contributed by atoms with van der Waals surface area (Å²) in [4.78, 5) is 7.07. The zero-order chi connectivity index (χ0) is 19.3. The van der Waals surface area contributed by atoms with Crippen LogP contribution in [0.1, 0.15) is 48.4 Å². The van der Waals surface area contributed by atoms with Gasteiger partial charge in [-0.3, -0.25) is 4.57 Å². The van der Waals surface area contributed by atoms with Crippen molar-refractivity contribution >= 4 is 40.2 Å². The van der Waals surface area contributed by atoms with Crippen LogP contribution in [0.15, 0.2) is 23.4 Å². The van der Waals surface area contributed by atoms with E-state index in [1.54, 1.807) is 11.8 Å². The van der Waals surface area contributed by atoms with Gasteiger partial charge in [0.15, 0.2) is 5.16 Å². The van der Waals surface area contributed by atoms with Gasteiger partial charge in [-0.1, -0.05) is 35.5 Å². The quantitative estimate of drug-likeness (QED) is 0.418. The second-order valence-electron chi connectivity index (χ2n) is 7.88. The standard InChI is InChI=1S/C21H24ClN5S/c1-13-5-6-15-11-16(19(22)23-18(15)14(13)2)12-28-21-25-24-20(26-9-3-4-10-26)27(21)17-7-8-17/h5-6,11,17H,3-4,7-10,12H2,1-2H3. The first kappa shape index (κ1) is 18.3. The molecule has 1 aliphatic heterocycles. The zero-order valence-corrected chi connectivity index (χ0v) is 17.9. The number of thioether (sulfide) groups is 1. The van der Waals surface area contributed by atoms with Crippen LogP contribution >= 0.6 is 23.4 Å². The predicted molar refractivity (Wildman–Crippen MR) is 116 cm³/mol. The van der Waals surface area contributed by atoms with Crippen molar-refractivity contribution in [2.24, 2.45) is 0 Å². The molecule has 0 amide bonds. The minimum atomic E-state index is 0.559. The van der Waals surface area contributed by atoms with Crippen LogP contribution in [0.3, 0.4) is 0 Å². The Kier molecular flexibility index (Phi) is 4.71. The van der Waals surface area contributed by atoms with Crippen LogP contribution in [-0.4, -0.2) is 32.8 Å². The van der Waals surface area contributed by atoms with E-state index in [1.807, 2.05) is 0 Å². The molecule has 0 bridgehead atoms. The van der Waals surface area contributed by atoms with Crippen LogP contribution in [0, 0.1) is 13.8 Å². The maximum absolute atomic E-state index is 6.54. The molecule has 0 radical (unpaired) electrons. The Balaban J connectivity index is 1.42. The van der Waals surface area contributed by atoms with Gasteiger partial charge in [-0.15, -0.1) is 10.2 Å². The van der Waals surface area contributed by atoms with Gasteiger partial charge in [0.25, 0.3) is 0 Å². The molecule has 3 aromatic rings. The predicted octanol–water partition coefficient (Wildman–Crippen LogP) is 5.32. The van der Waals surface area contributed by atoms with Gasteiger partial charge in [0.05, 0.1) is 5.52 Å². The van der Waals surface area contributed by atoms with E-state index >= 15 is 0 Å². The fourth-order valence-corrected chi connectivity index (χ4v) is 5.16. The molecule has 5 rings (SSSR count). The summed E-state index contributed by atoms with van der Waals surface area (Å²) < 4.78 is 2.35. The number of halogens is 1. The van der Waals surface area contributed by atoms with Gasteiger partial charge in [-0.2, -0.15) is 0 Å². The molecule has 2 fully saturated rings. The summed E-state index contributed by atoms with van der Waals surface area (Å²) in [6.07, 6.45) is 4.95. The highest BCUT2D eigenvalue weighted by atomic mass is 35.5. The van der Waals surface area contributed by atoms with Crippen molar-refractivity contribution in [3.05, 3.63) is 40.0 Å². The Morgan fingerprint density at radius 1 is 1.14 bits per heavy atom. The molecule has 1 saturated carbocycles.